The number of nitrogens with zero attached hydrogens (tertiary/aromatic N) is 2. The van der Waals surface area contributed by atoms with Crippen molar-refractivity contribution in [2.24, 2.45) is 0 Å². The van der Waals surface area contributed by atoms with Gasteiger partial charge in [-0.15, -0.1) is 0 Å². The van der Waals surface area contributed by atoms with Gasteiger partial charge in [-0.2, -0.15) is 0 Å². The molecule has 0 spiro atoms. The summed E-state index contributed by atoms with van der Waals surface area (Å²) < 4.78 is 0. The summed E-state index contributed by atoms with van der Waals surface area (Å²) in [6, 6.07) is 20.8. The van der Waals surface area contributed by atoms with Crippen molar-refractivity contribution in [2.75, 3.05) is 18.0 Å². The Hall–Kier alpha value is -2.13. The lowest BCUT2D eigenvalue weighted by molar-refractivity contribution is -0.119. The van der Waals surface area contributed by atoms with Crippen molar-refractivity contribution in [3.63, 3.8) is 0 Å². The van der Waals surface area contributed by atoms with Gasteiger partial charge in [0.25, 0.3) is 0 Å². The molecule has 1 heterocycles. The van der Waals surface area contributed by atoms with E-state index in [1.807, 2.05) is 30.0 Å². The summed E-state index contributed by atoms with van der Waals surface area (Å²) in [4.78, 5) is 17.3. The van der Waals surface area contributed by atoms with Crippen molar-refractivity contribution >= 4 is 11.6 Å². The highest BCUT2D eigenvalue weighted by Gasteiger charge is 2.31. The number of hydrogen-bond donors (Lipinski definition) is 0. The first-order chi connectivity index (χ1) is 12.3. The molecule has 3 heteroatoms. The standard InChI is InChI=1S/C22H28N2O/c1-2-22(25)24(20-13-7-4-8-14-20)21-15-9-10-17-23(21)18-16-19-11-5-3-6-12-19/h3-8,11-14,21H,2,9-10,15-18H2,1H3. The fraction of sp³-hybridized carbons (Fsp3) is 0.409. The predicted octanol–water partition coefficient (Wildman–Crippen LogP) is 4.48. The van der Waals surface area contributed by atoms with Crippen molar-refractivity contribution in [1.29, 1.82) is 0 Å². The Morgan fingerprint density at radius 2 is 1.72 bits per heavy atom. The molecule has 0 aliphatic carbocycles. The topological polar surface area (TPSA) is 23.6 Å². The van der Waals surface area contributed by atoms with E-state index in [9.17, 15) is 4.79 Å². The second kappa shape index (κ2) is 8.82. The number of carbonyl (C=O) groups excluding carboxylic acids is 1. The molecule has 2 aromatic rings. The van der Waals surface area contributed by atoms with Gasteiger partial charge in [-0.05, 0) is 43.4 Å². The molecule has 1 aliphatic rings. The van der Waals surface area contributed by atoms with Crippen molar-refractivity contribution in [2.45, 2.75) is 45.2 Å². The molecule has 1 fully saturated rings. The van der Waals surface area contributed by atoms with Gasteiger partial charge in [0.15, 0.2) is 0 Å². The van der Waals surface area contributed by atoms with Gasteiger partial charge in [0.2, 0.25) is 5.91 Å². The van der Waals surface area contributed by atoms with E-state index in [0.29, 0.717) is 6.42 Å². The van der Waals surface area contributed by atoms with Crippen LogP contribution in [-0.2, 0) is 11.2 Å². The van der Waals surface area contributed by atoms with E-state index >= 15 is 0 Å². The Morgan fingerprint density at radius 1 is 1.04 bits per heavy atom. The van der Waals surface area contributed by atoms with E-state index < -0.39 is 0 Å². The third-order valence-electron chi connectivity index (χ3n) is 5.01. The zero-order chi connectivity index (χ0) is 17.5. The Morgan fingerprint density at radius 3 is 2.40 bits per heavy atom. The lowest BCUT2D eigenvalue weighted by atomic mass is 10.0. The van der Waals surface area contributed by atoms with Crippen LogP contribution in [0.3, 0.4) is 0 Å². The van der Waals surface area contributed by atoms with E-state index in [2.05, 4.69) is 47.4 Å². The van der Waals surface area contributed by atoms with Crippen LogP contribution in [0.2, 0.25) is 0 Å². The number of hydrogen-bond acceptors (Lipinski definition) is 2. The summed E-state index contributed by atoms with van der Waals surface area (Å²) in [6.45, 7) is 4.02. The van der Waals surface area contributed by atoms with Gasteiger partial charge >= 0.3 is 0 Å². The van der Waals surface area contributed by atoms with Gasteiger partial charge < -0.3 is 0 Å². The second-order valence-electron chi connectivity index (χ2n) is 6.70. The van der Waals surface area contributed by atoms with Crippen molar-refractivity contribution in [3.05, 3.63) is 66.2 Å². The zero-order valence-corrected chi connectivity index (χ0v) is 15.1. The first-order valence-corrected chi connectivity index (χ1v) is 9.44. The Labute approximate surface area is 151 Å². The van der Waals surface area contributed by atoms with Crippen LogP contribution in [0, 0.1) is 0 Å². The number of piperidine rings is 1. The van der Waals surface area contributed by atoms with Crippen LogP contribution in [0.15, 0.2) is 60.7 Å². The van der Waals surface area contributed by atoms with Crippen LogP contribution in [0.1, 0.15) is 38.2 Å². The molecule has 1 atom stereocenters. The molecule has 0 radical (unpaired) electrons. The van der Waals surface area contributed by atoms with Gasteiger partial charge in [-0.3, -0.25) is 14.6 Å². The molecule has 0 N–H and O–H groups in total. The van der Waals surface area contributed by atoms with Gasteiger partial charge in [0.05, 0.1) is 6.17 Å². The minimum absolute atomic E-state index is 0.173. The third-order valence-corrected chi connectivity index (χ3v) is 5.01. The highest BCUT2D eigenvalue weighted by atomic mass is 16.2. The molecular formula is C22H28N2O. The molecule has 2 aromatic carbocycles. The number of anilines is 1. The molecule has 1 amide bonds. The van der Waals surface area contributed by atoms with Crippen molar-refractivity contribution in [3.8, 4) is 0 Å². The Kier molecular flexibility index (Phi) is 6.24. The molecule has 3 rings (SSSR count). The highest BCUT2D eigenvalue weighted by Crippen LogP contribution is 2.26. The minimum Gasteiger partial charge on any atom is -0.296 e. The largest absolute Gasteiger partial charge is 0.296 e. The maximum atomic E-state index is 12.7. The van der Waals surface area contributed by atoms with Gasteiger partial charge in [-0.25, -0.2) is 0 Å². The molecule has 0 saturated carbocycles. The van der Waals surface area contributed by atoms with Crippen LogP contribution in [0.5, 0.6) is 0 Å². The molecule has 0 bridgehead atoms. The molecule has 0 aromatic heterocycles. The summed E-state index contributed by atoms with van der Waals surface area (Å²) in [6.07, 6.45) is 5.20. The van der Waals surface area contributed by atoms with Gasteiger partial charge in [0, 0.05) is 25.2 Å². The predicted molar refractivity (Wildman–Crippen MR) is 104 cm³/mol. The van der Waals surface area contributed by atoms with Crippen LogP contribution in [0.4, 0.5) is 5.69 Å². The summed E-state index contributed by atoms with van der Waals surface area (Å²) in [5.74, 6) is 0.211. The quantitative estimate of drug-likeness (QED) is 0.776. The molecule has 3 nitrogen and oxygen atoms in total. The van der Waals surface area contributed by atoms with Gasteiger partial charge in [-0.1, -0.05) is 55.5 Å². The monoisotopic (exact) mass is 336 g/mol. The number of carbonyl (C=O) groups is 1. The average Bonchev–Trinajstić information content (AvgIpc) is 2.69. The van der Waals surface area contributed by atoms with Gasteiger partial charge in [0.1, 0.15) is 0 Å². The second-order valence-corrected chi connectivity index (χ2v) is 6.70. The Balaban J connectivity index is 1.78. The first-order valence-electron chi connectivity index (χ1n) is 9.44. The van der Waals surface area contributed by atoms with Crippen molar-refractivity contribution < 1.29 is 4.79 Å². The van der Waals surface area contributed by atoms with Crippen LogP contribution in [0.25, 0.3) is 0 Å². The van der Waals surface area contributed by atoms with Crippen LogP contribution >= 0.6 is 0 Å². The Bertz CT molecular complexity index is 656. The van der Waals surface area contributed by atoms with Crippen LogP contribution < -0.4 is 4.90 Å². The number of rotatable bonds is 6. The average molecular weight is 336 g/mol. The number of likely N-dealkylation sites (tertiary alicyclic amines) is 1. The highest BCUT2D eigenvalue weighted by molar-refractivity contribution is 5.93. The zero-order valence-electron chi connectivity index (χ0n) is 15.1. The minimum atomic E-state index is 0.173. The van der Waals surface area contributed by atoms with E-state index in [1.54, 1.807) is 0 Å². The SMILES string of the molecule is CCC(=O)N(c1ccccc1)C1CCCCN1CCc1ccccc1. The third kappa shape index (κ3) is 4.49. The smallest absolute Gasteiger partial charge is 0.228 e. The number of para-hydroxylation sites is 1. The molecule has 1 aliphatic heterocycles. The fourth-order valence-corrected chi connectivity index (χ4v) is 3.69. The van der Waals surface area contributed by atoms with E-state index in [4.69, 9.17) is 0 Å². The van der Waals surface area contributed by atoms with E-state index in [1.165, 1.54) is 18.4 Å². The number of benzene rings is 2. The van der Waals surface area contributed by atoms with Crippen molar-refractivity contribution in [1.82, 2.24) is 4.90 Å². The summed E-state index contributed by atoms with van der Waals surface area (Å²) >= 11 is 0. The normalized spacial score (nSPS) is 18.0. The van der Waals surface area contributed by atoms with Crippen LogP contribution in [-0.4, -0.2) is 30.1 Å². The maximum absolute atomic E-state index is 12.7. The molecule has 1 saturated heterocycles. The van der Waals surface area contributed by atoms with E-state index in [0.717, 1.165) is 31.6 Å². The first kappa shape index (κ1) is 17.7. The van der Waals surface area contributed by atoms with E-state index in [-0.39, 0.29) is 12.1 Å². The summed E-state index contributed by atoms with van der Waals surface area (Å²) in [5, 5.41) is 0. The molecule has 1 unspecified atom stereocenters. The lowest BCUT2D eigenvalue weighted by Gasteiger charge is -2.42. The summed E-state index contributed by atoms with van der Waals surface area (Å²) in [5.41, 5.74) is 2.38. The molecular weight excluding hydrogens is 308 g/mol. The fourth-order valence-electron chi connectivity index (χ4n) is 3.69. The summed E-state index contributed by atoms with van der Waals surface area (Å²) in [7, 11) is 0. The maximum Gasteiger partial charge on any atom is 0.228 e. The molecule has 25 heavy (non-hydrogen) atoms. The molecule has 132 valence electrons. The number of amides is 1. The lowest BCUT2D eigenvalue weighted by Crippen LogP contribution is -2.54.